The SMILES string of the molecule is [N-]=[N+]=Nc1ccc(C(=O)CCC(=O)O)cc1. The Bertz CT molecular complexity index is 447. The summed E-state index contributed by atoms with van der Waals surface area (Å²) in [6.07, 6.45) is -0.215. The van der Waals surface area contributed by atoms with E-state index in [0.29, 0.717) is 11.3 Å². The number of ketones is 1. The number of carbonyl (C=O) groups is 2. The van der Waals surface area contributed by atoms with Gasteiger partial charge in [-0.15, -0.1) is 0 Å². The Morgan fingerprint density at radius 1 is 1.25 bits per heavy atom. The van der Waals surface area contributed by atoms with Gasteiger partial charge in [-0.2, -0.15) is 0 Å². The van der Waals surface area contributed by atoms with Gasteiger partial charge in [-0.3, -0.25) is 9.59 Å². The first-order valence-corrected chi connectivity index (χ1v) is 4.53. The van der Waals surface area contributed by atoms with Crippen molar-refractivity contribution in [3.05, 3.63) is 40.3 Å². The van der Waals surface area contributed by atoms with Gasteiger partial charge >= 0.3 is 5.97 Å². The van der Waals surface area contributed by atoms with Gasteiger partial charge in [-0.25, -0.2) is 0 Å². The highest BCUT2D eigenvalue weighted by molar-refractivity contribution is 5.97. The van der Waals surface area contributed by atoms with Crippen LogP contribution in [-0.2, 0) is 4.79 Å². The summed E-state index contributed by atoms with van der Waals surface area (Å²) in [6, 6.07) is 6.03. The minimum Gasteiger partial charge on any atom is -0.481 e. The summed E-state index contributed by atoms with van der Waals surface area (Å²) < 4.78 is 0. The highest BCUT2D eigenvalue weighted by Crippen LogP contribution is 2.14. The van der Waals surface area contributed by atoms with Crippen LogP contribution in [-0.4, -0.2) is 16.9 Å². The number of hydrogen-bond acceptors (Lipinski definition) is 3. The summed E-state index contributed by atoms with van der Waals surface area (Å²) in [5, 5.41) is 11.8. The molecule has 0 atom stereocenters. The van der Waals surface area contributed by atoms with Crippen LogP contribution in [0.4, 0.5) is 5.69 Å². The second-order valence-corrected chi connectivity index (χ2v) is 3.05. The number of benzene rings is 1. The van der Waals surface area contributed by atoms with Crippen LogP contribution < -0.4 is 0 Å². The fraction of sp³-hybridized carbons (Fsp3) is 0.200. The molecule has 1 aromatic carbocycles. The molecule has 0 fully saturated rings. The van der Waals surface area contributed by atoms with E-state index in [1.165, 1.54) is 24.3 Å². The number of hydrogen-bond donors (Lipinski definition) is 1. The van der Waals surface area contributed by atoms with E-state index in [4.69, 9.17) is 10.6 Å². The van der Waals surface area contributed by atoms with E-state index >= 15 is 0 Å². The van der Waals surface area contributed by atoms with Gasteiger partial charge in [0.15, 0.2) is 5.78 Å². The Labute approximate surface area is 91.1 Å². The highest BCUT2D eigenvalue weighted by atomic mass is 16.4. The lowest BCUT2D eigenvalue weighted by Crippen LogP contribution is -2.03. The van der Waals surface area contributed by atoms with Crippen molar-refractivity contribution in [2.24, 2.45) is 5.11 Å². The van der Waals surface area contributed by atoms with E-state index < -0.39 is 5.97 Å². The predicted octanol–water partition coefficient (Wildman–Crippen LogP) is 2.68. The second kappa shape index (κ2) is 5.53. The van der Waals surface area contributed by atoms with Gasteiger partial charge in [0.2, 0.25) is 0 Å². The molecule has 0 aliphatic heterocycles. The quantitative estimate of drug-likeness (QED) is 0.356. The summed E-state index contributed by atoms with van der Waals surface area (Å²) >= 11 is 0. The van der Waals surface area contributed by atoms with Gasteiger partial charge in [0.05, 0.1) is 6.42 Å². The molecule has 1 rings (SSSR count). The van der Waals surface area contributed by atoms with Crippen LogP contribution >= 0.6 is 0 Å². The van der Waals surface area contributed by atoms with Crippen LogP contribution in [0.25, 0.3) is 10.4 Å². The van der Waals surface area contributed by atoms with E-state index in [-0.39, 0.29) is 18.6 Å². The Balaban J connectivity index is 2.70. The third kappa shape index (κ3) is 3.43. The molecule has 82 valence electrons. The fourth-order valence-corrected chi connectivity index (χ4v) is 1.13. The molecule has 0 heterocycles. The van der Waals surface area contributed by atoms with Gasteiger partial charge in [-0.1, -0.05) is 29.4 Å². The van der Waals surface area contributed by atoms with E-state index in [0.717, 1.165) is 0 Å². The number of azide groups is 1. The lowest BCUT2D eigenvalue weighted by atomic mass is 10.1. The maximum atomic E-state index is 11.5. The first-order chi connectivity index (χ1) is 7.63. The maximum Gasteiger partial charge on any atom is 0.303 e. The van der Waals surface area contributed by atoms with Crippen LogP contribution in [0, 0.1) is 0 Å². The van der Waals surface area contributed by atoms with Crippen LogP contribution in [0.15, 0.2) is 29.4 Å². The summed E-state index contributed by atoms with van der Waals surface area (Å²) in [6.45, 7) is 0. The molecule has 0 amide bonds. The van der Waals surface area contributed by atoms with E-state index in [2.05, 4.69) is 10.0 Å². The molecule has 16 heavy (non-hydrogen) atoms. The number of aliphatic carboxylic acids is 1. The van der Waals surface area contributed by atoms with Gasteiger partial charge < -0.3 is 5.11 Å². The average molecular weight is 219 g/mol. The minimum atomic E-state index is -1.00. The van der Waals surface area contributed by atoms with Gasteiger partial charge in [0.1, 0.15) is 0 Å². The smallest absolute Gasteiger partial charge is 0.303 e. The monoisotopic (exact) mass is 219 g/mol. The van der Waals surface area contributed by atoms with Crippen molar-refractivity contribution in [1.29, 1.82) is 0 Å². The predicted molar refractivity (Wildman–Crippen MR) is 56.4 cm³/mol. The normalized spacial score (nSPS) is 9.25. The van der Waals surface area contributed by atoms with E-state index in [1.54, 1.807) is 0 Å². The molecule has 0 aliphatic rings. The largest absolute Gasteiger partial charge is 0.481 e. The fourth-order valence-electron chi connectivity index (χ4n) is 1.13. The number of nitrogens with zero attached hydrogens (tertiary/aromatic N) is 3. The average Bonchev–Trinajstić information content (AvgIpc) is 2.27. The molecular weight excluding hydrogens is 210 g/mol. The van der Waals surface area contributed by atoms with Crippen molar-refractivity contribution in [3.8, 4) is 0 Å². The van der Waals surface area contributed by atoms with Crippen molar-refractivity contribution < 1.29 is 14.7 Å². The van der Waals surface area contributed by atoms with Gasteiger partial charge in [0, 0.05) is 22.6 Å². The van der Waals surface area contributed by atoms with Crippen LogP contribution in [0.3, 0.4) is 0 Å². The molecule has 0 aliphatic carbocycles. The number of carbonyl (C=O) groups excluding carboxylic acids is 1. The molecule has 0 spiro atoms. The Morgan fingerprint density at radius 2 is 1.88 bits per heavy atom. The first-order valence-electron chi connectivity index (χ1n) is 4.53. The maximum absolute atomic E-state index is 11.5. The Morgan fingerprint density at radius 3 is 2.38 bits per heavy atom. The molecule has 6 heteroatoms. The summed E-state index contributed by atoms with van der Waals surface area (Å²) in [5.74, 6) is -1.24. The number of carboxylic acids is 1. The van der Waals surface area contributed by atoms with Crippen molar-refractivity contribution in [3.63, 3.8) is 0 Å². The van der Waals surface area contributed by atoms with Crippen LogP contribution in [0.5, 0.6) is 0 Å². The highest BCUT2D eigenvalue weighted by Gasteiger charge is 2.07. The lowest BCUT2D eigenvalue weighted by Gasteiger charge is -1.99. The molecular formula is C10H9N3O3. The van der Waals surface area contributed by atoms with Crippen molar-refractivity contribution in [2.45, 2.75) is 12.8 Å². The van der Waals surface area contributed by atoms with Crippen LogP contribution in [0.2, 0.25) is 0 Å². The van der Waals surface area contributed by atoms with Crippen molar-refractivity contribution in [2.75, 3.05) is 0 Å². The summed E-state index contributed by atoms with van der Waals surface area (Å²) in [4.78, 5) is 24.3. The van der Waals surface area contributed by atoms with Crippen molar-refractivity contribution in [1.82, 2.24) is 0 Å². The third-order valence-electron chi connectivity index (χ3n) is 1.92. The zero-order valence-electron chi connectivity index (χ0n) is 8.33. The standard InChI is InChI=1S/C10H9N3O3/c11-13-12-8-3-1-7(2-4-8)9(14)5-6-10(15)16/h1-4H,5-6H2,(H,15,16). The summed E-state index contributed by atoms with van der Waals surface area (Å²) in [5.41, 5.74) is 9.00. The van der Waals surface area contributed by atoms with E-state index in [9.17, 15) is 9.59 Å². The van der Waals surface area contributed by atoms with Gasteiger partial charge in [-0.05, 0) is 5.53 Å². The number of carboxylic acid groups (broad SMARTS) is 1. The van der Waals surface area contributed by atoms with Crippen LogP contribution in [0.1, 0.15) is 23.2 Å². The molecule has 0 unspecified atom stereocenters. The third-order valence-corrected chi connectivity index (χ3v) is 1.92. The molecule has 0 aromatic heterocycles. The van der Waals surface area contributed by atoms with E-state index in [1.807, 2.05) is 0 Å². The Kier molecular flexibility index (Phi) is 4.06. The molecule has 0 saturated carbocycles. The Hall–Kier alpha value is -2.33. The zero-order valence-corrected chi connectivity index (χ0v) is 8.33. The molecule has 1 N–H and O–H groups in total. The van der Waals surface area contributed by atoms with Crippen molar-refractivity contribution >= 4 is 17.4 Å². The topological polar surface area (TPSA) is 103 Å². The number of rotatable bonds is 5. The zero-order chi connectivity index (χ0) is 12.0. The van der Waals surface area contributed by atoms with Gasteiger partial charge in [0.25, 0.3) is 0 Å². The molecule has 0 saturated heterocycles. The lowest BCUT2D eigenvalue weighted by molar-refractivity contribution is -0.136. The molecule has 6 nitrogen and oxygen atoms in total. The minimum absolute atomic E-state index is 0.0315. The molecule has 0 radical (unpaired) electrons. The second-order valence-electron chi connectivity index (χ2n) is 3.05. The summed E-state index contributed by atoms with van der Waals surface area (Å²) in [7, 11) is 0. The molecule has 1 aromatic rings. The number of Topliss-reactive ketones (excluding diaryl/α,β-unsaturated/α-hetero) is 1. The molecule has 0 bridgehead atoms. The first kappa shape index (κ1) is 11.7.